The molecular formula is C55H78N8O10. The number of unbranched alkanes of at least 4 members (excludes halogenated alkanes) is 1. The number of rotatable bonds is 15. The fourth-order valence-electron chi connectivity index (χ4n) is 11.3. The van der Waals surface area contributed by atoms with Crippen LogP contribution < -0.4 is 11.1 Å². The third-order valence-corrected chi connectivity index (χ3v) is 15.2. The number of para-hydroxylation sites is 1. The van der Waals surface area contributed by atoms with Gasteiger partial charge in [-0.25, -0.2) is 4.79 Å². The zero-order valence-electron chi connectivity index (χ0n) is 44.5. The first-order chi connectivity index (χ1) is 34.8. The Morgan fingerprint density at radius 2 is 1.77 bits per heavy atom. The molecular weight excluding hydrogens is 933 g/mol. The molecule has 3 saturated heterocycles. The summed E-state index contributed by atoms with van der Waals surface area (Å²) in [5.41, 5.74) is 7.69. The number of methoxy groups -OCH3 is 1. The number of amides is 1. The van der Waals surface area contributed by atoms with Gasteiger partial charge in [-0.2, -0.15) is 0 Å². The van der Waals surface area contributed by atoms with Crippen molar-refractivity contribution in [3.8, 4) is 11.3 Å². The molecule has 18 heteroatoms. The maximum absolute atomic E-state index is 14.7. The number of aromatic nitrogens is 4. The van der Waals surface area contributed by atoms with E-state index in [9.17, 15) is 19.5 Å². The fourth-order valence-corrected chi connectivity index (χ4v) is 11.3. The number of aliphatic hydroxyl groups excluding tert-OH is 1. The number of benzene rings is 2. The predicted octanol–water partition coefficient (Wildman–Crippen LogP) is 6.54. The second-order valence-electron chi connectivity index (χ2n) is 21.0. The number of nitrogen functional groups attached to an aromatic ring is 1. The highest BCUT2D eigenvalue weighted by Crippen LogP contribution is 2.40. The molecule has 3 aliphatic rings. The number of hydrogen-bond acceptors (Lipinski definition) is 16. The van der Waals surface area contributed by atoms with Gasteiger partial charge in [-0.3, -0.25) is 24.2 Å². The highest BCUT2D eigenvalue weighted by Gasteiger charge is 2.59. The molecule has 0 bridgehead atoms. The Balaban J connectivity index is 1.06. The van der Waals surface area contributed by atoms with Crippen LogP contribution in [0.4, 0.5) is 10.5 Å². The van der Waals surface area contributed by atoms with Crippen LogP contribution >= 0.6 is 0 Å². The molecule has 7 rings (SSSR count). The third kappa shape index (κ3) is 12.4. The number of aryl methyl sites for hydroxylation is 1. The zero-order valence-corrected chi connectivity index (χ0v) is 44.5. The van der Waals surface area contributed by atoms with Gasteiger partial charge in [-0.1, -0.05) is 68.5 Å². The monoisotopic (exact) mass is 1010 g/mol. The van der Waals surface area contributed by atoms with Crippen molar-refractivity contribution in [2.24, 2.45) is 17.8 Å². The van der Waals surface area contributed by atoms with Gasteiger partial charge in [0, 0.05) is 55.0 Å². The van der Waals surface area contributed by atoms with Gasteiger partial charge < -0.3 is 49.5 Å². The maximum Gasteiger partial charge on any atom is 0.410 e. The van der Waals surface area contributed by atoms with Gasteiger partial charge in [-0.05, 0) is 117 Å². The van der Waals surface area contributed by atoms with E-state index in [4.69, 9.17) is 34.2 Å². The van der Waals surface area contributed by atoms with Crippen molar-refractivity contribution in [1.82, 2.24) is 35.1 Å². The molecule has 18 nitrogen and oxygen atoms in total. The van der Waals surface area contributed by atoms with Gasteiger partial charge in [0.05, 0.1) is 48.2 Å². The summed E-state index contributed by atoms with van der Waals surface area (Å²) in [5, 5.41) is 25.5. The number of esters is 1. The van der Waals surface area contributed by atoms with Crippen LogP contribution in [0.1, 0.15) is 86.6 Å². The number of carbonyl (C=O) groups is 3. The first kappa shape index (κ1) is 55.4. The molecule has 0 spiro atoms. The van der Waals surface area contributed by atoms with Crippen LogP contribution in [0.25, 0.3) is 28.2 Å². The minimum atomic E-state index is -1.27. The third-order valence-electron chi connectivity index (χ3n) is 15.2. The minimum absolute atomic E-state index is 0.0669. The van der Waals surface area contributed by atoms with Gasteiger partial charge in [0.1, 0.15) is 29.9 Å². The van der Waals surface area contributed by atoms with Crippen LogP contribution in [0.3, 0.4) is 0 Å². The van der Waals surface area contributed by atoms with Gasteiger partial charge in [0.25, 0.3) is 0 Å². The largest absolute Gasteiger partial charge is 0.458 e. The van der Waals surface area contributed by atoms with Crippen LogP contribution in [0.2, 0.25) is 0 Å². The van der Waals surface area contributed by atoms with Gasteiger partial charge in [-0.15, -0.1) is 5.10 Å². The van der Waals surface area contributed by atoms with Gasteiger partial charge >= 0.3 is 12.1 Å². The summed E-state index contributed by atoms with van der Waals surface area (Å²) in [4.78, 5) is 51.1. The number of likely N-dealkylation sites (N-methyl/N-ethyl adjacent to an activating group) is 1. The molecule has 2 aromatic carbocycles. The highest BCUT2D eigenvalue weighted by atomic mass is 16.7. The molecule has 0 radical (unpaired) electrons. The normalized spacial score (nSPS) is 32.9. The Morgan fingerprint density at radius 3 is 2.49 bits per heavy atom. The summed E-state index contributed by atoms with van der Waals surface area (Å²) in [6.45, 7) is 16.5. The molecule has 0 saturated carbocycles. The van der Waals surface area contributed by atoms with Crippen LogP contribution in [0.15, 0.2) is 73.1 Å². The van der Waals surface area contributed by atoms with E-state index in [1.54, 1.807) is 23.6 Å². The Bertz CT molecular complexity index is 2540. The summed E-state index contributed by atoms with van der Waals surface area (Å²) >= 11 is 0. The topological polar surface area (TPSA) is 215 Å². The molecule has 2 aromatic heterocycles. The number of pyridine rings is 1. The van der Waals surface area contributed by atoms with E-state index in [1.165, 1.54) is 6.92 Å². The molecule has 73 heavy (non-hydrogen) atoms. The Kier molecular flexibility index (Phi) is 18.1. The van der Waals surface area contributed by atoms with E-state index in [2.05, 4.69) is 33.6 Å². The molecule has 3 fully saturated rings. The average molecular weight is 1010 g/mol. The predicted molar refractivity (Wildman–Crippen MR) is 278 cm³/mol. The molecule has 1 amide bonds. The average Bonchev–Trinajstić information content (AvgIpc) is 3.95. The van der Waals surface area contributed by atoms with Crippen molar-refractivity contribution in [2.75, 3.05) is 46.6 Å². The number of ketones is 1. The lowest BCUT2D eigenvalue weighted by Crippen LogP contribution is -2.65. The quantitative estimate of drug-likeness (QED) is 0.0499. The summed E-state index contributed by atoms with van der Waals surface area (Å²) in [7, 11) is 5.31. The van der Waals surface area contributed by atoms with E-state index in [0.717, 1.165) is 27.7 Å². The van der Waals surface area contributed by atoms with Crippen LogP contribution in [0, 0.1) is 17.8 Å². The van der Waals surface area contributed by atoms with Crippen molar-refractivity contribution in [1.29, 1.82) is 0 Å². The van der Waals surface area contributed by atoms with E-state index in [1.807, 2.05) is 127 Å². The summed E-state index contributed by atoms with van der Waals surface area (Å²) in [5.74, 6) is -3.41. The number of anilines is 1. The minimum Gasteiger partial charge on any atom is -0.458 e. The van der Waals surface area contributed by atoms with Gasteiger partial charge in [0.2, 0.25) is 0 Å². The summed E-state index contributed by atoms with van der Waals surface area (Å²) in [6, 6.07) is 16.1. The second kappa shape index (κ2) is 23.9. The zero-order chi connectivity index (χ0) is 52.8. The lowest BCUT2D eigenvalue weighted by Gasteiger charge is -2.49. The standard InChI is InChI=1S/C55H78N8O10/c1-12-44-55(8)49(63(53(67)73-55)25-16-15-24-62-32-43(59-60-62)40-21-17-22-41(56)28-40)36(5)57-30-33(2)29-54(7,68-11)50(34(3)46(64)35(4)51(66)71-44)72-52-47(65)45(61(9)10)48(37(6)70-52)69-26-18-19-38-27-39-20-13-14-23-42(39)58-31-38/h13-14,17-23,27-28,31-37,44-45,47-50,52,57,65H,12,15-16,24-26,29-30,56H2,1-11H3/b19-18+/t33-,34+,35-,36-,37-,44-,45?,47?,48-,49-,50-,52+,54-,55-/m1/s1. The van der Waals surface area contributed by atoms with E-state index in [-0.39, 0.29) is 18.6 Å². The Hall–Kier alpha value is -5.34. The molecule has 14 atom stereocenters. The number of ether oxygens (including phenoxy) is 6. The lowest BCUT2D eigenvalue weighted by molar-refractivity contribution is -0.316. The lowest BCUT2D eigenvalue weighted by atomic mass is 9.78. The number of Topliss-reactive ketones (excluding diaryl/α,β-unsaturated/α-hetero) is 1. The molecule has 398 valence electrons. The molecule has 0 aliphatic carbocycles. The smallest absolute Gasteiger partial charge is 0.410 e. The SMILES string of the molecule is CC[C@H]1OC(=O)[C@H](C)C(=O)[C@H](C)[C@@H](O[C@@H]2O[C@H](C)[C@@H](OC/C=C/c3cnc4ccccc4c3)C(N(C)C)C2O)[C@](C)(OC)C[C@@H](C)CN[C@H](C)[C@H]2N(CCCCn3cc(-c4cccc(N)c4)nn3)C(=O)O[C@]12C. The Morgan fingerprint density at radius 1 is 1.01 bits per heavy atom. The van der Waals surface area contributed by atoms with Crippen molar-refractivity contribution >= 4 is 40.5 Å². The van der Waals surface area contributed by atoms with Crippen molar-refractivity contribution in [3.05, 3.63) is 78.6 Å². The molecule has 3 aliphatic heterocycles. The van der Waals surface area contributed by atoms with Crippen LogP contribution in [0.5, 0.6) is 0 Å². The van der Waals surface area contributed by atoms with Crippen molar-refractivity contribution < 1.29 is 47.9 Å². The number of aliphatic hydroxyl groups is 1. The molecule has 2 unspecified atom stereocenters. The van der Waals surface area contributed by atoms with Crippen molar-refractivity contribution in [3.63, 3.8) is 0 Å². The Labute approximate surface area is 430 Å². The van der Waals surface area contributed by atoms with Crippen LogP contribution in [-0.2, 0) is 44.6 Å². The number of nitrogens with one attached hydrogen (secondary N) is 1. The molecule has 4 aromatic rings. The molecule has 4 N–H and O–H groups in total. The second-order valence-corrected chi connectivity index (χ2v) is 21.0. The van der Waals surface area contributed by atoms with E-state index < -0.39 is 89.8 Å². The summed E-state index contributed by atoms with van der Waals surface area (Å²) in [6.07, 6.45) is 3.75. The van der Waals surface area contributed by atoms with E-state index in [0.29, 0.717) is 51.0 Å². The van der Waals surface area contributed by atoms with Crippen LogP contribution in [-0.4, -0.2) is 160 Å². The van der Waals surface area contributed by atoms with E-state index >= 15 is 0 Å². The maximum atomic E-state index is 14.7. The number of fused-ring (bicyclic) bond motifs is 2. The highest BCUT2D eigenvalue weighted by molar-refractivity contribution is 6.00. The molecule has 5 heterocycles. The number of carbonyl (C=O) groups excluding carboxylic acids is 3. The van der Waals surface area contributed by atoms with Crippen molar-refractivity contribution in [2.45, 2.75) is 154 Å². The number of nitrogens with two attached hydrogens (primary N) is 1. The number of nitrogens with zero attached hydrogens (tertiary/aromatic N) is 6. The first-order valence-electron chi connectivity index (χ1n) is 25.8. The summed E-state index contributed by atoms with van der Waals surface area (Å²) < 4.78 is 40.4. The fraction of sp³-hybridized carbons (Fsp3) is 0.600. The van der Waals surface area contributed by atoms with Gasteiger partial charge in [0.15, 0.2) is 17.7 Å². The number of hydrogen-bond donors (Lipinski definition) is 3. The number of cyclic esters (lactones) is 1. The first-order valence-corrected chi connectivity index (χ1v) is 25.8.